The Bertz CT molecular complexity index is 337. The van der Waals surface area contributed by atoms with E-state index in [1.807, 2.05) is 17.8 Å². The molecule has 0 spiro atoms. The highest BCUT2D eigenvalue weighted by atomic mass is 32.2. The first kappa shape index (κ1) is 10.6. The van der Waals surface area contributed by atoms with Crippen LogP contribution in [0.25, 0.3) is 0 Å². The number of benzene rings is 1. The third kappa shape index (κ3) is 2.79. The van der Waals surface area contributed by atoms with E-state index in [1.54, 1.807) is 12.1 Å². The fourth-order valence-electron chi connectivity index (χ4n) is 1.73. The molecule has 0 radical (unpaired) electrons. The molecule has 0 aromatic heterocycles. The molecule has 1 aromatic carbocycles. The highest BCUT2D eigenvalue weighted by Gasteiger charge is 2.12. The van der Waals surface area contributed by atoms with Crippen LogP contribution in [-0.4, -0.2) is 34.6 Å². The Morgan fingerprint density at radius 3 is 2.80 bits per heavy atom. The van der Waals surface area contributed by atoms with Gasteiger partial charge in [0.05, 0.1) is 0 Å². The molecule has 0 aliphatic carbocycles. The van der Waals surface area contributed by atoms with Crippen LogP contribution in [0.2, 0.25) is 0 Å². The topological polar surface area (TPSA) is 49.5 Å². The van der Waals surface area contributed by atoms with Crippen molar-refractivity contribution in [3.63, 3.8) is 0 Å². The van der Waals surface area contributed by atoms with Gasteiger partial charge in [0.1, 0.15) is 5.75 Å². The third-order valence-corrected chi connectivity index (χ3v) is 3.54. The summed E-state index contributed by atoms with van der Waals surface area (Å²) in [4.78, 5) is 2.35. The second-order valence-electron chi connectivity index (χ2n) is 3.78. The van der Waals surface area contributed by atoms with Gasteiger partial charge in [0.15, 0.2) is 0 Å². The molecule has 1 aromatic rings. The Morgan fingerprint density at radius 2 is 2.07 bits per heavy atom. The maximum Gasteiger partial charge on any atom is 0.120 e. The summed E-state index contributed by atoms with van der Waals surface area (Å²) in [5.41, 5.74) is 7.35. The predicted molar refractivity (Wildman–Crippen MR) is 65.1 cm³/mol. The summed E-state index contributed by atoms with van der Waals surface area (Å²) in [5, 5.41) is 9.68. The molecular weight excluding hydrogens is 208 g/mol. The van der Waals surface area contributed by atoms with E-state index in [2.05, 4.69) is 4.90 Å². The number of rotatable bonds is 2. The molecule has 4 heteroatoms. The summed E-state index contributed by atoms with van der Waals surface area (Å²) in [7, 11) is 0. The van der Waals surface area contributed by atoms with Gasteiger partial charge in [-0.15, -0.1) is 0 Å². The van der Waals surface area contributed by atoms with Crippen LogP contribution in [0.1, 0.15) is 5.56 Å². The van der Waals surface area contributed by atoms with E-state index in [4.69, 9.17) is 5.73 Å². The third-order valence-electron chi connectivity index (χ3n) is 2.60. The van der Waals surface area contributed by atoms with Crippen LogP contribution in [0.15, 0.2) is 18.2 Å². The largest absolute Gasteiger partial charge is 0.508 e. The number of hydrogen-bond donors (Lipinski definition) is 2. The van der Waals surface area contributed by atoms with Gasteiger partial charge in [0.2, 0.25) is 0 Å². The van der Waals surface area contributed by atoms with Crippen LogP contribution in [0, 0.1) is 0 Å². The smallest absolute Gasteiger partial charge is 0.120 e. The molecule has 1 aliphatic rings. The lowest BCUT2D eigenvalue weighted by Crippen LogP contribution is -2.31. The first-order chi connectivity index (χ1) is 7.25. The van der Waals surface area contributed by atoms with Gasteiger partial charge >= 0.3 is 0 Å². The van der Waals surface area contributed by atoms with Gasteiger partial charge in [-0.25, -0.2) is 0 Å². The average Bonchev–Trinajstić information content (AvgIpc) is 2.25. The number of nitrogens with two attached hydrogens (primary N) is 1. The number of aromatic hydroxyl groups is 1. The number of hydrogen-bond acceptors (Lipinski definition) is 4. The second-order valence-corrected chi connectivity index (χ2v) is 5.00. The predicted octanol–water partition coefficient (Wildman–Crippen LogP) is 1.52. The first-order valence-corrected chi connectivity index (χ1v) is 6.28. The van der Waals surface area contributed by atoms with E-state index in [0.29, 0.717) is 11.4 Å². The molecule has 1 saturated heterocycles. The molecule has 1 aliphatic heterocycles. The lowest BCUT2D eigenvalue weighted by atomic mass is 10.1. The van der Waals surface area contributed by atoms with E-state index >= 15 is 0 Å². The minimum atomic E-state index is 0.349. The summed E-state index contributed by atoms with van der Waals surface area (Å²) in [5.74, 6) is 2.72. The number of anilines is 1. The summed E-state index contributed by atoms with van der Waals surface area (Å²) in [6.07, 6.45) is 0. The summed E-state index contributed by atoms with van der Waals surface area (Å²) in [6.45, 7) is 3.00. The Labute approximate surface area is 94.3 Å². The van der Waals surface area contributed by atoms with Crippen molar-refractivity contribution in [3.05, 3.63) is 23.8 Å². The van der Waals surface area contributed by atoms with E-state index < -0.39 is 0 Å². The summed E-state index contributed by atoms with van der Waals surface area (Å²) < 4.78 is 0. The Hall–Kier alpha value is -0.870. The van der Waals surface area contributed by atoms with E-state index in [0.717, 1.165) is 25.2 Å². The van der Waals surface area contributed by atoms with Crippen LogP contribution < -0.4 is 5.73 Å². The Kier molecular flexibility index (Phi) is 3.38. The van der Waals surface area contributed by atoms with Crippen molar-refractivity contribution >= 4 is 17.4 Å². The van der Waals surface area contributed by atoms with Gasteiger partial charge < -0.3 is 10.8 Å². The molecule has 3 nitrogen and oxygen atoms in total. The average molecular weight is 224 g/mol. The standard InChI is InChI=1S/C11H16N2OS/c12-10-1-2-11(14)9(7-10)8-13-3-5-15-6-4-13/h1-2,7,14H,3-6,8,12H2. The molecule has 2 rings (SSSR count). The number of thioether (sulfide) groups is 1. The van der Waals surface area contributed by atoms with E-state index in [1.165, 1.54) is 11.5 Å². The van der Waals surface area contributed by atoms with E-state index in [-0.39, 0.29) is 0 Å². The number of nitrogens with zero attached hydrogens (tertiary/aromatic N) is 1. The van der Waals surface area contributed by atoms with Gasteiger partial charge in [-0.2, -0.15) is 11.8 Å². The van der Waals surface area contributed by atoms with Gasteiger partial charge in [-0.3, -0.25) is 4.90 Å². The molecule has 3 N–H and O–H groups in total. The molecule has 1 heterocycles. The molecule has 82 valence electrons. The Balaban J connectivity index is 2.05. The van der Waals surface area contributed by atoms with Crippen LogP contribution in [-0.2, 0) is 6.54 Å². The molecule has 15 heavy (non-hydrogen) atoms. The minimum Gasteiger partial charge on any atom is -0.508 e. The van der Waals surface area contributed by atoms with Crippen molar-refractivity contribution in [1.29, 1.82) is 0 Å². The van der Waals surface area contributed by atoms with Gasteiger partial charge in [-0.05, 0) is 18.2 Å². The molecule has 0 atom stereocenters. The van der Waals surface area contributed by atoms with Crippen molar-refractivity contribution in [1.82, 2.24) is 4.90 Å². The van der Waals surface area contributed by atoms with Crippen LogP contribution in [0.3, 0.4) is 0 Å². The zero-order valence-corrected chi connectivity index (χ0v) is 9.46. The highest BCUT2D eigenvalue weighted by molar-refractivity contribution is 7.99. The van der Waals surface area contributed by atoms with Crippen molar-refractivity contribution in [3.8, 4) is 5.75 Å². The lowest BCUT2D eigenvalue weighted by molar-refractivity contribution is 0.289. The zero-order chi connectivity index (χ0) is 10.7. The molecule has 1 fully saturated rings. The monoisotopic (exact) mass is 224 g/mol. The molecule has 0 amide bonds. The number of nitrogen functional groups attached to an aromatic ring is 1. The van der Waals surface area contributed by atoms with Crippen molar-refractivity contribution in [2.45, 2.75) is 6.54 Å². The van der Waals surface area contributed by atoms with Gasteiger partial charge in [-0.1, -0.05) is 0 Å². The van der Waals surface area contributed by atoms with Crippen molar-refractivity contribution < 1.29 is 5.11 Å². The van der Waals surface area contributed by atoms with Crippen LogP contribution in [0.4, 0.5) is 5.69 Å². The summed E-state index contributed by atoms with van der Waals surface area (Å²) >= 11 is 1.99. The van der Waals surface area contributed by atoms with E-state index in [9.17, 15) is 5.11 Å². The maximum atomic E-state index is 9.68. The molecular formula is C11H16N2OS. The number of phenols is 1. The molecule has 0 bridgehead atoms. The number of phenolic OH excluding ortho intramolecular Hbond substituents is 1. The van der Waals surface area contributed by atoms with Crippen molar-refractivity contribution in [2.75, 3.05) is 30.3 Å². The maximum absolute atomic E-state index is 9.68. The Morgan fingerprint density at radius 1 is 1.33 bits per heavy atom. The summed E-state index contributed by atoms with van der Waals surface area (Å²) in [6, 6.07) is 5.26. The fourth-order valence-corrected chi connectivity index (χ4v) is 2.71. The quantitative estimate of drug-likeness (QED) is 0.591. The molecule has 0 saturated carbocycles. The van der Waals surface area contributed by atoms with Crippen LogP contribution in [0.5, 0.6) is 5.75 Å². The zero-order valence-electron chi connectivity index (χ0n) is 8.65. The van der Waals surface area contributed by atoms with Gasteiger partial charge in [0.25, 0.3) is 0 Å². The van der Waals surface area contributed by atoms with Crippen LogP contribution >= 0.6 is 11.8 Å². The normalized spacial score (nSPS) is 17.9. The second kappa shape index (κ2) is 4.77. The first-order valence-electron chi connectivity index (χ1n) is 5.13. The van der Waals surface area contributed by atoms with Gasteiger partial charge in [0, 0.05) is 42.4 Å². The minimum absolute atomic E-state index is 0.349. The van der Waals surface area contributed by atoms with Crippen molar-refractivity contribution in [2.24, 2.45) is 0 Å². The highest BCUT2D eigenvalue weighted by Crippen LogP contribution is 2.22. The lowest BCUT2D eigenvalue weighted by Gasteiger charge is -2.26. The fraction of sp³-hybridized carbons (Fsp3) is 0.455. The SMILES string of the molecule is Nc1ccc(O)c(CN2CCSCC2)c1. The molecule has 0 unspecified atom stereocenters.